The molecule has 1 nitrogen and oxygen atoms in total. The molecule has 1 atom stereocenters. The fourth-order valence-electron chi connectivity index (χ4n) is 1.29. The molecular weight excluding hydrogens is 124 g/mol. The van der Waals surface area contributed by atoms with Crippen LogP contribution >= 0.6 is 0 Å². The maximum absolute atomic E-state index is 11.1. The van der Waals surface area contributed by atoms with Gasteiger partial charge in [0, 0.05) is 5.41 Å². The average Bonchev–Trinajstić information content (AvgIpc) is 1.89. The van der Waals surface area contributed by atoms with Crippen molar-refractivity contribution in [1.29, 1.82) is 0 Å². The molecular formula is C9H14O. The van der Waals surface area contributed by atoms with Crippen molar-refractivity contribution in [3.63, 3.8) is 0 Å². The Labute approximate surface area is 62.1 Å². The number of hydrogen-bond acceptors (Lipinski definition) is 1. The predicted octanol–water partition coefficient (Wildman–Crippen LogP) is 2.32. The highest BCUT2D eigenvalue weighted by molar-refractivity contribution is 5.82. The number of hydrogen-bond donors (Lipinski definition) is 0. The Kier molecular flexibility index (Phi) is 1.93. The number of rotatable bonds is 1. The first-order valence-electron chi connectivity index (χ1n) is 3.81. The van der Waals surface area contributed by atoms with E-state index in [0.717, 1.165) is 19.3 Å². The third-order valence-electron chi connectivity index (χ3n) is 2.45. The maximum Gasteiger partial charge on any atom is 0.136 e. The van der Waals surface area contributed by atoms with E-state index < -0.39 is 0 Å². The molecule has 0 aromatic carbocycles. The molecule has 0 aliphatic heterocycles. The van der Waals surface area contributed by atoms with E-state index in [0.29, 0.717) is 5.78 Å². The smallest absolute Gasteiger partial charge is 0.136 e. The van der Waals surface area contributed by atoms with E-state index in [-0.39, 0.29) is 5.41 Å². The van der Waals surface area contributed by atoms with Crippen LogP contribution in [0.25, 0.3) is 0 Å². The number of Topliss-reactive ketones (excluding diaryl/α,β-unsaturated/α-hetero) is 1. The highest BCUT2D eigenvalue weighted by atomic mass is 16.1. The van der Waals surface area contributed by atoms with Crippen molar-refractivity contribution in [3.05, 3.63) is 12.2 Å². The molecule has 10 heavy (non-hydrogen) atoms. The van der Waals surface area contributed by atoms with Gasteiger partial charge in [-0.15, -0.1) is 0 Å². The van der Waals surface area contributed by atoms with Crippen LogP contribution in [0, 0.1) is 5.41 Å². The van der Waals surface area contributed by atoms with Gasteiger partial charge in [0.25, 0.3) is 0 Å². The van der Waals surface area contributed by atoms with Gasteiger partial charge < -0.3 is 0 Å². The van der Waals surface area contributed by atoms with Crippen LogP contribution in [0.15, 0.2) is 12.2 Å². The van der Waals surface area contributed by atoms with Crippen LogP contribution in [-0.2, 0) is 4.79 Å². The van der Waals surface area contributed by atoms with E-state index in [1.54, 1.807) is 6.92 Å². The standard InChI is InChI=1S/C9H14O/c1-8(10)9(2)6-4-3-5-7-9/h3-4H,5-7H2,1-2H3. The summed E-state index contributed by atoms with van der Waals surface area (Å²) in [5, 5.41) is 0. The normalized spacial score (nSPS) is 32.2. The summed E-state index contributed by atoms with van der Waals surface area (Å²) in [5.41, 5.74) is -0.0469. The lowest BCUT2D eigenvalue weighted by molar-refractivity contribution is -0.126. The average molecular weight is 138 g/mol. The molecule has 1 unspecified atom stereocenters. The van der Waals surface area contributed by atoms with Crippen molar-refractivity contribution < 1.29 is 4.79 Å². The van der Waals surface area contributed by atoms with E-state index in [2.05, 4.69) is 19.1 Å². The molecule has 1 heteroatoms. The number of carbonyl (C=O) groups is 1. The molecule has 1 aliphatic carbocycles. The van der Waals surface area contributed by atoms with E-state index in [1.165, 1.54) is 0 Å². The molecule has 0 saturated heterocycles. The number of allylic oxidation sites excluding steroid dienone is 2. The van der Waals surface area contributed by atoms with Crippen molar-refractivity contribution >= 4 is 5.78 Å². The first-order valence-corrected chi connectivity index (χ1v) is 3.81. The van der Waals surface area contributed by atoms with Gasteiger partial charge in [-0.25, -0.2) is 0 Å². The van der Waals surface area contributed by atoms with Gasteiger partial charge in [-0.05, 0) is 26.2 Å². The summed E-state index contributed by atoms with van der Waals surface area (Å²) in [6.45, 7) is 3.75. The minimum Gasteiger partial charge on any atom is -0.299 e. The van der Waals surface area contributed by atoms with E-state index in [1.807, 2.05) is 0 Å². The van der Waals surface area contributed by atoms with E-state index >= 15 is 0 Å². The van der Waals surface area contributed by atoms with Gasteiger partial charge in [0.1, 0.15) is 5.78 Å². The summed E-state index contributed by atoms with van der Waals surface area (Å²) in [5.74, 6) is 0.330. The molecule has 56 valence electrons. The van der Waals surface area contributed by atoms with Gasteiger partial charge in [0.2, 0.25) is 0 Å². The molecule has 0 radical (unpaired) electrons. The summed E-state index contributed by atoms with van der Waals surface area (Å²) >= 11 is 0. The minimum absolute atomic E-state index is 0.0469. The first-order chi connectivity index (χ1) is 4.65. The van der Waals surface area contributed by atoms with Gasteiger partial charge >= 0.3 is 0 Å². The van der Waals surface area contributed by atoms with Crippen molar-refractivity contribution in [2.45, 2.75) is 33.1 Å². The Morgan fingerprint density at radius 2 is 2.20 bits per heavy atom. The molecule has 0 aromatic heterocycles. The molecule has 0 heterocycles. The Bertz CT molecular complexity index is 170. The monoisotopic (exact) mass is 138 g/mol. The highest BCUT2D eigenvalue weighted by Crippen LogP contribution is 2.32. The second kappa shape index (κ2) is 2.57. The van der Waals surface area contributed by atoms with E-state index in [9.17, 15) is 4.79 Å². The Morgan fingerprint density at radius 1 is 1.50 bits per heavy atom. The van der Waals surface area contributed by atoms with Crippen LogP contribution in [0.3, 0.4) is 0 Å². The fraction of sp³-hybridized carbons (Fsp3) is 0.667. The molecule has 0 N–H and O–H groups in total. The Hall–Kier alpha value is -0.590. The van der Waals surface area contributed by atoms with Crippen LogP contribution in [0.2, 0.25) is 0 Å². The molecule has 0 fully saturated rings. The molecule has 0 saturated carbocycles. The SMILES string of the molecule is CC(=O)C1(C)CC=CCC1. The van der Waals surface area contributed by atoms with Crippen LogP contribution in [0.5, 0.6) is 0 Å². The lowest BCUT2D eigenvalue weighted by Crippen LogP contribution is -2.26. The van der Waals surface area contributed by atoms with Gasteiger partial charge in [0.15, 0.2) is 0 Å². The lowest BCUT2D eigenvalue weighted by atomic mass is 9.76. The minimum atomic E-state index is -0.0469. The quantitative estimate of drug-likeness (QED) is 0.508. The highest BCUT2D eigenvalue weighted by Gasteiger charge is 2.28. The maximum atomic E-state index is 11.1. The molecule has 0 spiro atoms. The molecule has 0 bridgehead atoms. The Morgan fingerprint density at radius 3 is 2.50 bits per heavy atom. The van der Waals surface area contributed by atoms with Crippen molar-refractivity contribution in [2.75, 3.05) is 0 Å². The molecule has 0 amide bonds. The molecule has 1 aliphatic rings. The van der Waals surface area contributed by atoms with Crippen molar-refractivity contribution in [1.82, 2.24) is 0 Å². The zero-order valence-corrected chi connectivity index (χ0v) is 6.68. The zero-order valence-electron chi connectivity index (χ0n) is 6.68. The Balaban J connectivity index is 2.68. The summed E-state index contributed by atoms with van der Waals surface area (Å²) in [6.07, 6.45) is 7.30. The van der Waals surface area contributed by atoms with Gasteiger partial charge in [-0.1, -0.05) is 19.1 Å². The summed E-state index contributed by atoms with van der Waals surface area (Å²) in [7, 11) is 0. The number of ketones is 1. The van der Waals surface area contributed by atoms with Gasteiger partial charge in [0.05, 0.1) is 0 Å². The fourth-order valence-corrected chi connectivity index (χ4v) is 1.29. The van der Waals surface area contributed by atoms with E-state index in [4.69, 9.17) is 0 Å². The third kappa shape index (κ3) is 1.28. The second-order valence-electron chi connectivity index (χ2n) is 3.33. The van der Waals surface area contributed by atoms with Crippen LogP contribution in [0.1, 0.15) is 33.1 Å². The summed E-state index contributed by atoms with van der Waals surface area (Å²) in [4.78, 5) is 11.1. The van der Waals surface area contributed by atoms with Gasteiger partial charge in [-0.2, -0.15) is 0 Å². The largest absolute Gasteiger partial charge is 0.299 e. The molecule has 0 aromatic rings. The van der Waals surface area contributed by atoms with Crippen molar-refractivity contribution in [2.24, 2.45) is 5.41 Å². The summed E-state index contributed by atoms with van der Waals surface area (Å²) < 4.78 is 0. The zero-order chi connectivity index (χ0) is 7.61. The third-order valence-corrected chi connectivity index (χ3v) is 2.45. The number of carbonyl (C=O) groups excluding carboxylic acids is 1. The first kappa shape index (κ1) is 7.52. The lowest BCUT2D eigenvalue weighted by Gasteiger charge is -2.27. The topological polar surface area (TPSA) is 17.1 Å². The molecule has 1 rings (SSSR count). The second-order valence-corrected chi connectivity index (χ2v) is 3.33. The van der Waals surface area contributed by atoms with Crippen LogP contribution in [0.4, 0.5) is 0 Å². The summed E-state index contributed by atoms with van der Waals surface area (Å²) in [6, 6.07) is 0. The van der Waals surface area contributed by atoms with Gasteiger partial charge in [-0.3, -0.25) is 4.79 Å². The van der Waals surface area contributed by atoms with Crippen molar-refractivity contribution in [3.8, 4) is 0 Å². The predicted molar refractivity (Wildman–Crippen MR) is 41.8 cm³/mol. The van der Waals surface area contributed by atoms with Crippen LogP contribution < -0.4 is 0 Å². The van der Waals surface area contributed by atoms with Crippen LogP contribution in [-0.4, -0.2) is 5.78 Å².